The van der Waals surface area contributed by atoms with Gasteiger partial charge in [-0.05, 0) is 30.5 Å². The molecule has 1 aromatic carbocycles. The number of sulfonamides is 1. The van der Waals surface area contributed by atoms with Crippen LogP contribution >= 0.6 is 0 Å². The maximum atomic E-state index is 12.6. The first-order valence-electron chi connectivity index (χ1n) is 6.72. The summed E-state index contributed by atoms with van der Waals surface area (Å²) in [5.41, 5.74) is 6.20. The van der Waals surface area contributed by atoms with E-state index in [1.54, 1.807) is 12.1 Å². The van der Waals surface area contributed by atoms with Crippen molar-refractivity contribution in [3.63, 3.8) is 0 Å². The topological polar surface area (TPSA) is 97.5 Å². The van der Waals surface area contributed by atoms with E-state index in [0.29, 0.717) is 18.7 Å². The maximum absolute atomic E-state index is 12.6. The van der Waals surface area contributed by atoms with Crippen molar-refractivity contribution >= 4 is 19.9 Å². The van der Waals surface area contributed by atoms with Crippen LogP contribution in [-0.2, 0) is 25.6 Å². The molecule has 1 saturated heterocycles. The molecule has 0 aromatic heterocycles. The Labute approximate surface area is 125 Å². The van der Waals surface area contributed by atoms with Crippen molar-refractivity contribution < 1.29 is 16.8 Å². The third-order valence-electron chi connectivity index (χ3n) is 3.55. The zero-order valence-corrected chi connectivity index (χ0v) is 13.5. The highest BCUT2D eigenvalue weighted by Crippen LogP contribution is 2.25. The zero-order valence-electron chi connectivity index (χ0n) is 11.9. The zero-order chi connectivity index (χ0) is 15.7. The van der Waals surface area contributed by atoms with Gasteiger partial charge in [0.1, 0.15) is 0 Å². The van der Waals surface area contributed by atoms with Crippen LogP contribution in [0.5, 0.6) is 0 Å². The van der Waals surface area contributed by atoms with Crippen LogP contribution in [0.1, 0.15) is 18.4 Å². The molecule has 1 heterocycles. The van der Waals surface area contributed by atoms with E-state index in [2.05, 4.69) is 0 Å². The summed E-state index contributed by atoms with van der Waals surface area (Å²) in [7, 11) is -6.69. The molecule has 118 valence electrons. The van der Waals surface area contributed by atoms with E-state index in [9.17, 15) is 16.8 Å². The molecule has 1 unspecified atom stereocenters. The Balaban J connectivity index is 2.25. The number of hydrogen-bond donors (Lipinski definition) is 1. The van der Waals surface area contributed by atoms with Crippen LogP contribution in [0.3, 0.4) is 0 Å². The Morgan fingerprint density at radius 1 is 1.19 bits per heavy atom. The summed E-state index contributed by atoms with van der Waals surface area (Å²) in [6, 6.07) is 5.86. The Morgan fingerprint density at radius 3 is 2.33 bits per heavy atom. The predicted octanol–water partition coefficient (Wildman–Crippen LogP) is 0.343. The Hall–Kier alpha value is -0.960. The van der Waals surface area contributed by atoms with E-state index in [1.807, 2.05) is 0 Å². The van der Waals surface area contributed by atoms with Crippen LogP contribution in [0.15, 0.2) is 29.2 Å². The first kappa shape index (κ1) is 16.4. The summed E-state index contributed by atoms with van der Waals surface area (Å²) >= 11 is 0. The maximum Gasteiger partial charge on any atom is 0.243 e. The van der Waals surface area contributed by atoms with E-state index in [-0.39, 0.29) is 16.7 Å². The minimum atomic E-state index is -3.56. The fourth-order valence-electron chi connectivity index (χ4n) is 2.56. The van der Waals surface area contributed by atoms with Gasteiger partial charge in [0, 0.05) is 25.4 Å². The molecule has 1 aromatic rings. The van der Waals surface area contributed by atoms with Gasteiger partial charge in [-0.15, -0.1) is 0 Å². The molecular formula is C13H20N2O4S2. The highest BCUT2D eigenvalue weighted by atomic mass is 32.2. The molecule has 21 heavy (non-hydrogen) atoms. The summed E-state index contributed by atoms with van der Waals surface area (Å²) < 4.78 is 49.0. The third kappa shape index (κ3) is 3.82. The van der Waals surface area contributed by atoms with Crippen molar-refractivity contribution in [1.29, 1.82) is 0 Å². The molecule has 0 aliphatic carbocycles. The largest absolute Gasteiger partial charge is 0.329 e. The average Bonchev–Trinajstić information content (AvgIpc) is 2.86. The Kier molecular flexibility index (Phi) is 4.72. The highest BCUT2D eigenvalue weighted by Gasteiger charge is 2.34. The van der Waals surface area contributed by atoms with Gasteiger partial charge in [0.25, 0.3) is 0 Å². The molecule has 1 aliphatic rings. The molecule has 0 radical (unpaired) electrons. The molecule has 2 N–H and O–H groups in total. The van der Waals surface area contributed by atoms with Gasteiger partial charge in [-0.25, -0.2) is 16.8 Å². The lowest BCUT2D eigenvalue weighted by molar-refractivity contribution is 0.393. The second-order valence-electron chi connectivity index (χ2n) is 5.36. The third-order valence-corrected chi connectivity index (χ3v) is 6.38. The fraction of sp³-hybridized carbons (Fsp3) is 0.538. The normalized spacial score (nSPS) is 20.8. The summed E-state index contributed by atoms with van der Waals surface area (Å²) in [6.07, 6.45) is 2.74. The summed E-state index contributed by atoms with van der Waals surface area (Å²) in [6.45, 7) is 0.792. The van der Waals surface area contributed by atoms with Crippen molar-refractivity contribution in [2.75, 3.05) is 19.3 Å². The molecule has 0 bridgehead atoms. The Bertz CT molecular complexity index is 696. The van der Waals surface area contributed by atoms with Crippen LogP contribution < -0.4 is 5.73 Å². The van der Waals surface area contributed by atoms with E-state index < -0.39 is 19.9 Å². The monoisotopic (exact) mass is 332 g/mol. The lowest BCUT2D eigenvalue weighted by Crippen LogP contribution is -2.39. The van der Waals surface area contributed by atoms with Gasteiger partial charge in [0.2, 0.25) is 10.0 Å². The predicted molar refractivity (Wildman–Crippen MR) is 81.0 cm³/mol. The van der Waals surface area contributed by atoms with Crippen molar-refractivity contribution in [3.8, 4) is 0 Å². The highest BCUT2D eigenvalue weighted by molar-refractivity contribution is 7.90. The molecule has 0 amide bonds. The minimum Gasteiger partial charge on any atom is -0.329 e. The van der Waals surface area contributed by atoms with Crippen LogP contribution in [-0.4, -0.2) is 46.5 Å². The minimum absolute atomic E-state index is 0.0948. The molecular weight excluding hydrogens is 312 g/mol. The number of benzene rings is 1. The van der Waals surface area contributed by atoms with Gasteiger partial charge < -0.3 is 5.73 Å². The smallest absolute Gasteiger partial charge is 0.243 e. The van der Waals surface area contributed by atoms with E-state index >= 15 is 0 Å². The van der Waals surface area contributed by atoms with Crippen LogP contribution in [0, 0.1) is 0 Å². The molecule has 0 saturated carbocycles. The standard InChI is InChI=1S/C13H20N2O4S2/c1-20(16,17)10-11-4-6-13(7-5-11)21(18,19)15-8-2-3-12(15)9-14/h4-7,12H,2-3,8-10,14H2,1H3. The lowest BCUT2D eigenvalue weighted by atomic mass is 10.2. The first-order chi connectivity index (χ1) is 9.74. The molecule has 2 rings (SSSR count). The summed E-state index contributed by atoms with van der Waals surface area (Å²) in [5, 5.41) is 0. The molecule has 1 aliphatic heterocycles. The number of sulfone groups is 1. The van der Waals surface area contributed by atoms with Gasteiger partial charge in [-0.3, -0.25) is 0 Å². The van der Waals surface area contributed by atoms with Gasteiger partial charge in [0.15, 0.2) is 9.84 Å². The summed E-state index contributed by atoms with van der Waals surface area (Å²) in [4.78, 5) is 0.181. The molecule has 6 nitrogen and oxygen atoms in total. The number of hydrogen-bond acceptors (Lipinski definition) is 5. The van der Waals surface area contributed by atoms with E-state index in [1.165, 1.54) is 16.4 Å². The molecule has 0 spiro atoms. The molecule has 1 atom stereocenters. The van der Waals surface area contributed by atoms with E-state index in [0.717, 1.165) is 19.1 Å². The molecule has 1 fully saturated rings. The van der Waals surface area contributed by atoms with Crippen molar-refractivity contribution in [2.45, 2.75) is 29.5 Å². The molecule has 8 heteroatoms. The summed E-state index contributed by atoms with van der Waals surface area (Å²) in [5.74, 6) is -0.0948. The second kappa shape index (κ2) is 6.04. The van der Waals surface area contributed by atoms with Crippen LogP contribution in [0.25, 0.3) is 0 Å². The SMILES string of the molecule is CS(=O)(=O)Cc1ccc(S(=O)(=O)N2CCCC2CN)cc1. The number of rotatable bonds is 5. The first-order valence-corrected chi connectivity index (χ1v) is 10.2. The van der Waals surface area contributed by atoms with Crippen LogP contribution in [0.2, 0.25) is 0 Å². The lowest BCUT2D eigenvalue weighted by Gasteiger charge is -2.22. The fourth-order valence-corrected chi connectivity index (χ4v) is 5.06. The number of nitrogens with two attached hydrogens (primary N) is 1. The second-order valence-corrected chi connectivity index (χ2v) is 9.39. The van der Waals surface area contributed by atoms with Gasteiger partial charge in [-0.1, -0.05) is 12.1 Å². The van der Waals surface area contributed by atoms with Gasteiger partial charge >= 0.3 is 0 Å². The number of nitrogens with zero attached hydrogens (tertiary/aromatic N) is 1. The van der Waals surface area contributed by atoms with Crippen molar-refractivity contribution in [2.24, 2.45) is 5.73 Å². The van der Waals surface area contributed by atoms with Crippen LogP contribution in [0.4, 0.5) is 0 Å². The van der Waals surface area contributed by atoms with Gasteiger partial charge in [-0.2, -0.15) is 4.31 Å². The average molecular weight is 332 g/mol. The Morgan fingerprint density at radius 2 is 1.81 bits per heavy atom. The quantitative estimate of drug-likeness (QED) is 0.839. The van der Waals surface area contributed by atoms with Gasteiger partial charge in [0.05, 0.1) is 10.6 Å². The van der Waals surface area contributed by atoms with E-state index in [4.69, 9.17) is 5.73 Å². The van der Waals surface area contributed by atoms with Crippen molar-refractivity contribution in [3.05, 3.63) is 29.8 Å². The van der Waals surface area contributed by atoms with Crippen molar-refractivity contribution in [1.82, 2.24) is 4.31 Å².